The van der Waals surface area contributed by atoms with Crippen molar-refractivity contribution < 1.29 is 58.5 Å². The first-order chi connectivity index (χ1) is 19.5. The van der Waals surface area contributed by atoms with Gasteiger partial charge in [0, 0.05) is 6.54 Å². The molecule has 250 valence electrons. The number of nitrogens with one attached hydrogen (secondary N) is 3. The molecule has 0 aromatic carbocycles. The maximum atomic E-state index is 12.8. The van der Waals surface area contributed by atoms with Crippen LogP contribution in [-0.4, -0.2) is 123 Å². The fourth-order valence-corrected chi connectivity index (χ4v) is 4.59. The van der Waals surface area contributed by atoms with Crippen molar-refractivity contribution in [3.8, 4) is 0 Å². The molecule has 1 aliphatic carbocycles. The summed E-state index contributed by atoms with van der Waals surface area (Å²) in [5, 5.41) is 51.1. The monoisotopic (exact) mass is 622 g/mol. The summed E-state index contributed by atoms with van der Waals surface area (Å²) in [6.45, 7) is 14.5. The molecule has 2 fully saturated rings. The number of aliphatic hydroxyl groups excluding tert-OH is 4. The van der Waals surface area contributed by atoms with Gasteiger partial charge in [-0.3, -0.25) is 0 Å². The first kappa shape index (κ1) is 36.7. The van der Waals surface area contributed by atoms with Gasteiger partial charge in [-0.15, -0.1) is 0 Å². The highest BCUT2D eigenvalue weighted by molar-refractivity contribution is 5.69. The predicted octanol–water partition coefficient (Wildman–Crippen LogP) is -0.418. The van der Waals surface area contributed by atoms with Crippen LogP contribution in [-0.2, 0) is 23.7 Å². The van der Waals surface area contributed by atoms with Crippen LogP contribution in [0, 0.1) is 0 Å². The smallest absolute Gasteiger partial charge is 0.408 e. The molecule has 3 amide bonds. The van der Waals surface area contributed by atoms with E-state index in [4.69, 9.17) is 29.4 Å². The van der Waals surface area contributed by atoms with Crippen molar-refractivity contribution >= 4 is 18.3 Å². The highest BCUT2D eigenvalue weighted by Gasteiger charge is 2.51. The molecule has 0 bridgehead atoms. The molecule has 2 aliphatic rings. The first-order valence-electron chi connectivity index (χ1n) is 14.2. The molecule has 1 saturated carbocycles. The molecular formula is C27H50N4O12. The van der Waals surface area contributed by atoms with Crippen molar-refractivity contribution in [3.63, 3.8) is 0 Å². The number of alkyl carbamates (subject to hydrolysis) is 3. The fraction of sp³-hybridized carbons (Fsp3) is 0.889. The summed E-state index contributed by atoms with van der Waals surface area (Å²) in [6, 6.07) is -3.65. The van der Waals surface area contributed by atoms with E-state index in [1.807, 2.05) is 0 Å². The van der Waals surface area contributed by atoms with E-state index >= 15 is 0 Å². The second-order valence-electron chi connectivity index (χ2n) is 13.8. The molecular weight excluding hydrogens is 572 g/mol. The third kappa shape index (κ3) is 11.2. The lowest BCUT2D eigenvalue weighted by Gasteiger charge is -2.47. The molecule has 1 aliphatic heterocycles. The molecule has 9 N–H and O–H groups in total. The minimum atomic E-state index is -1.75. The Bertz CT molecular complexity index is 963. The molecule has 43 heavy (non-hydrogen) atoms. The number of rotatable bonds is 6. The Balaban J connectivity index is 2.39. The van der Waals surface area contributed by atoms with Gasteiger partial charge in [0.05, 0.1) is 12.1 Å². The summed E-state index contributed by atoms with van der Waals surface area (Å²) < 4.78 is 27.7. The van der Waals surface area contributed by atoms with Crippen LogP contribution in [0.15, 0.2) is 0 Å². The van der Waals surface area contributed by atoms with Crippen LogP contribution in [0.5, 0.6) is 0 Å². The third-order valence-electron chi connectivity index (χ3n) is 6.32. The van der Waals surface area contributed by atoms with Gasteiger partial charge >= 0.3 is 18.3 Å². The molecule has 10 atom stereocenters. The van der Waals surface area contributed by atoms with E-state index in [2.05, 4.69) is 16.0 Å². The molecule has 16 heteroatoms. The summed E-state index contributed by atoms with van der Waals surface area (Å²) in [5.41, 5.74) is 3.08. The normalized spacial score (nSPS) is 33.6. The van der Waals surface area contributed by atoms with Gasteiger partial charge in [0.1, 0.15) is 59.5 Å². The van der Waals surface area contributed by atoms with Gasteiger partial charge < -0.3 is 65.8 Å². The molecule has 0 aromatic rings. The molecule has 0 radical (unpaired) electrons. The van der Waals surface area contributed by atoms with Gasteiger partial charge in [0.2, 0.25) is 0 Å². The molecule has 4 unspecified atom stereocenters. The van der Waals surface area contributed by atoms with Crippen molar-refractivity contribution in [2.45, 2.75) is 147 Å². The van der Waals surface area contributed by atoms with Gasteiger partial charge in [0.15, 0.2) is 6.29 Å². The second kappa shape index (κ2) is 14.1. The van der Waals surface area contributed by atoms with Crippen molar-refractivity contribution in [2.24, 2.45) is 5.73 Å². The zero-order chi connectivity index (χ0) is 33.1. The lowest BCUT2D eigenvalue weighted by atomic mass is 9.83. The highest BCUT2D eigenvalue weighted by atomic mass is 16.7. The van der Waals surface area contributed by atoms with Crippen LogP contribution in [0.25, 0.3) is 0 Å². The van der Waals surface area contributed by atoms with E-state index in [1.54, 1.807) is 62.3 Å². The van der Waals surface area contributed by atoms with Crippen LogP contribution in [0.4, 0.5) is 14.4 Å². The van der Waals surface area contributed by atoms with Crippen LogP contribution >= 0.6 is 0 Å². The summed E-state index contributed by atoms with van der Waals surface area (Å²) >= 11 is 0. The van der Waals surface area contributed by atoms with Gasteiger partial charge in [0.25, 0.3) is 0 Å². The minimum Gasteiger partial charge on any atom is -0.444 e. The van der Waals surface area contributed by atoms with E-state index in [1.165, 1.54) is 0 Å². The van der Waals surface area contributed by atoms with E-state index in [-0.39, 0.29) is 13.0 Å². The Morgan fingerprint density at radius 1 is 0.698 bits per heavy atom. The minimum absolute atomic E-state index is 0.163. The van der Waals surface area contributed by atoms with Crippen LogP contribution < -0.4 is 21.7 Å². The Labute approximate surface area is 251 Å². The first-order valence-corrected chi connectivity index (χ1v) is 14.2. The van der Waals surface area contributed by atoms with Crippen molar-refractivity contribution in [2.75, 3.05) is 6.54 Å². The Hall–Kier alpha value is -2.47. The Kier molecular flexibility index (Phi) is 12.0. The topological polar surface area (TPSA) is 240 Å². The van der Waals surface area contributed by atoms with E-state index < -0.39 is 96.1 Å². The quantitative estimate of drug-likeness (QED) is 0.176. The summed E-state index contributed by atoms with van der Waals surface area (Å²) in [7, 11) is 0. The maximum Gasteiger partial charge on any atom is 0.408 e. The zero-order valence-electron chi connectivity index (χ0n) is 26.3. The largest absolute Gasteiger partial charge is 0.444 e. The molecule has 0 spiro atoms. The number of amides is 3. The number of carbonyl (C=O) groups is 3. The van der Waals surface area contributed by atoms with Gasteiger partial charge in [-0.2, -0.15) is 0 Å². The van der Waals surface area contributed by atoms with E-state index in [0.29, 0.717) is 0 Å². The van der Waals surface area contributed by atoms with Gasteiger partial charge in [-0.1, -0.05) is 0 Å². The van der Waals surface area contributed by atoms with Crippen LogP contribution in [0.1, 0.15) is 68.7 Å². The molecule has 0 aromatic heterocycles. The Morgan fingerprint density at radius 3 is 1.58 bits per heavy atom. The number of nitrogens with two attached hydrogens (primary N) is 1. The fourth-order valence-electron chi connectivity index (χ4n) is 4.59. The lowest BCUT2D eigenvalue weighted by Crippen LogP contribution is -2.69. The number of hydrogen-bond donors (Lipinski definition) is 8. The third-order valence-corrected chi connectivity index (χ3v) is 6.32. The van der Waals surface area contributed by atoms with Crippen molar-refractivity contribution in [3.05, 3.63) is 0 Å². The summed E-state index contributed by atoms with van der Waals surface area (Å²) in [5.74, 6) is 0. The highest BCUT2D eigenvalue weighted by Crippen LogP contribution is 2.30. The zero-order valence-corrected chi connectivity index (χ0v) is 26.3. The van der Waals surface area contributed by atoms with Crippen LogP contribution in [0.2, 0.25) is 0 Å². The molecule has 16 nitrogen and oxygen atoms in total. The second-order valence-corrected chi connectivity index (χ2v) is 13.8. The Morgan fingerprint density at radius 2 is 1.14 bits per heavy atom. The van der Waals surface area contributed by atoms with Gasteiger partial charge in [-0.25, -0.2) is 14.4 Å². The number of ether oxygens (including phenoxy) is 5. The standard InChI is InChI=1S/C27H50N4O12/c1-25(2,3)41-22(36)29-12-10-13(30-23(37)42-26(4,5)6)20(19(35)16(12)32)40-21-15(31-24(38)43-27(7,8)9)18(34)17(33)14(11-28)39-21/h12-21,32-35H,10-11,28H2,1-9H3,(H,29,36)(H,30,37)(H,31,38)/t12-,13?,14?,15?,16?,17-,18-,19-,20-,21-/m1/s1. The predicted molar refractivity (Wildman–Crippen MR) is 151 cm³/mol. The van der Waals surface area contributed by atoms with E-state index in [9.17, 15) is 34.8 Å². The lowest BCUT2D eigenvalue weighted by molar-refractivity contribution is -0.292. The molecule has 1 saturated heterocycles. The molecule has 1 heterocycles. The number of aliphatic hydroxyl groups is 4. The van der Waals surface area contributed by atoms with Crippen molar-refractivity contribution in [1.29, 1.82) is 0 Å². The van der Waals surface area contributed by atoms with Crippen LogP contribution in [0.3, 0.4) is 0 Å². The number of hydrogen-bond acceptors (Lipinski definition) is 13. The van der Waals surface area contributed by atoms with E-state index in [0.717, 1.165) is 0 Å². The maximum absolute atomic E-state index is 12.8. The summed E-state index contributed by atoms with van der Waals surface area (Å²) in [4.78, 5) is 37.8. The SMILES string of the molecule is CC(C)(C)OC(=O)NC1[C@@H](O[C@@H]2C(NC(=O)OC(C)(C)C)C[C@@H](NC(=O)OC(C)(C)C)C(O)[C@H]2O)OC(CN)[C@@H](O)[C@@H]1O. The average Bonchev–Trinajstić information content (AvgIpc) is 2.80. The number of carbonyl (C=O) groups excluding carboxylic acids is 3. The van der Waals surface area contributed by atoms with Crippen molar-refractivity contribution in [1.82, 2.24) is 16.0 Å². The average molecular weight is 623 g/mol. The summed E-state index contributed by atoms with van der Waals surface area (Å²) in [6.07, 6.45) is -13.5. The van der Waals surface area contributed by atoms with Gasteiger partial charge in [-0.05, 0) is 68.7 Å². The molecule has 2 rings (SSSR count).